The molecule has 2 aromatic heterocycles. The van der Waals surface area contributed by atoms with Gasteiger partial charge in [0, 0.05) is 20.4 Å². The topological polar surface area (TPSA) is 69.6 Å². The summed E-state index contributed by atoms with van der Waals surface area (Å²) in [6.07, 6.45) is 1.56. The lowest BCUT2D eigenvalue weighted by molar-refractivity contribution is 0.307. The highest BCUT2D eigenvalue weighted by molar-refractivity contribution is 9.10. The first-order valence-electron chi connectivity index (χ1n) is 13.2. The standard InChI is InChI=1S/C34H21BrClN3O3/c35-25-12-14-31-23(16-25)18-32(42-31)33-38-29-11-4-3-10-28(29)34(40)39(33)37-19-24-17-26(36)13-15-30(24)41-20-22-8-5-7-21-6-1-2-9-27(21)22/h1-19H,20H2. The van der Waals surface area contributed by atoms with Crippen LogP contribution in [-0.2, 0) is 6.61 Å². The van der Waals surface area contributed by atoms with Crippen LogP contribution in [0.25, 0.3) is 44.2 Å². The molecule has 6 nitrogen and oxygen atoms in total. The van der Waals surface area contributed by atoms with E-state index in [-0.39, 0.29) is 11.4 Å². The fourth-order valence-corrected chi connectivity index (χ4v) is 5.52. The van der Waals surface area contributed by atoms with Gasteiger partial charge in [0.2, 0.25) is 5.82 Å². The van der Waals surface area contributed by atoms with Gasteiger partial charge in [-0.05, 0) is 70.9 Å². The molecule has 7 aromatic rings. The number of furan rings is 1. The second kappa shape index (κ2) is 10.9. The summed E-state index contributed by atoms with van der Waals surface area (Å²) in [7, 11) is 0. The zero-order valence-electron chi connectivity index (χ0n) is 22.0. The van der Waals surface area contributed by atoms with Crippen molar-refractivity contribution in [2.75, 3.05) is 0 Å². The molecule has 0 aliphatic carbocycles. The SMILES string of the molecule is O=c1c2ccccc2nc(-c2cc3cc(Br)ccc3o2)n1N=Cc1cc(Cl)ccc1OCc1cccc2ccccc12. The molecule has 0 unspecified atom stereocenters. The second-order valence-corrected chi connectivity index (χ2v) is 11.1. The third kappa shape index (κ3) is 4.98. The molecule has 0 spiro atoms. The lowest BCUT2D eigenvalue weighted by atomic mass is 10.1. The third-order valence-corrected chi connectivity index (χ3v) is 7.73. The number of hydrogen-bond acceptors (Lipinski definition) is 5. The molecule has 0 amide bonds. The highest BCUT2D eigenvalue weighted by atomic mass is 79.9. The number of aromatic nitrogens is 2. The van der Waals surface area contributed by atoms with Crippen LogP contribution in [0.5, 0.6) is 5.75 Å². The minimum atomic E-state index is -0.325. The predicted octanol–water partition coefficient (Wildman–Crippen LogP) is 8.84. The summed E-state index contributed by atoms with van der Waals surface area (Å²) in [6.45, 7) is 0.348. The second-order valence-electron chi connectivity index (χ2n) is 9.72. The van der Waals surface area contributed by atoms with E-state index in [0.717, 1.165) is 26.2 Å². The molecule has 0 saturated heterocycles. The van der Waals surface area contributed by atoms with Crippen LogP contribution in [0.15, 0.2) is 128 Å². The molecule has 0 atom stereocenters. The summed E-state index contributed by atoms with van der Waals surface area (Å²) in [4.78, 5) is 18.5. The van der Waals surface area contributed by atoms with Crippen LogP contribution in [0.4, 0.5) is 0 Å². The Morgan fingerprint density at radius 1 is 0.881 bits per heavy atom. The lowest BCUT2D eigenvalue weighted by Crippen LogP contribution is -2.20. The van der Waals surface area contributed by atoms with Crippen molar-refractivity contribution >= 4 is 66.4 Å². The van der Waals surface area contributed by atoms with Crippen LogP contribution in [0.1, 0.15) is 11.1 Å². The maximum absolute atomic E-state index is 13.7. The number of hydrogen-bond donors (Lipinski definition) is 0. The summed E-state index contributed by atoms with van der Waals surface area (Å²) < 4.78 is 14.5. The van der Waals surface area contributed by atoms with Gasteiger partial charge in [0.25, 0.3) is 5.56 Å². The highest BCUT2D eigenvalue weighted by Gasteiger charge is 2.17. The first-order chi connectivity index (χ1) is 20.5. The number of fused-ring (bicyclic) bond motifs is 3. The fraction of sp³-hybridized carbons (Fsp3) is 0.0294. The fourth-order valence-electron chi connectivity index (χ4n) is 4.96. The van der Waals surface area contributed by atoms with Gasteiger partial charge < -0.3 is 9.15 Å². The van der Waals surface area contributed by atoms with Crippen molar-refractivity contribution in [3.05, 3.63) is 140 Å². The van der Waals surface area contributed by atoms with Gasteiger partial charge >= 0.3 is 0 Å². The molecule has 8 heteroatoms. The van der Waals surface area contributed by atoms with Crippen LogP contribution < -0.4 is 10.3 Å². The van der Waals surface area contributed by atoms with Crippen molar-refractivity contribution in [2.24, 2.45) is 5.10 Å². The molecule has 204 valence electrons. The third-order valence-electron chi connectivity index (χ3n) is 7.00. The maximum Gasteiger partial charge on any atom is 0.282 e. The van der Waals surface area contributed by atoms with Crippen LogP contribution in [0, 0.1) is 0 Å². The Morgan fingerprint density at radius 2 is 1.69 bits per heavy atom. The molecular formula is C34H21BrClN3O3. The number of ether oxygens (including phenoxy) is 1. The largest absolute Gasteiger partial charge is 0.488 e. The minimum absolute atomic E-state index is 0.280. The first kappa shape index (κ1) is 26.2. The average Bonchev–Trinajstić information content (AvgIpc) is 3.43. The zero-order chi connectivity index (χ0) is 28.6. The van der Waals surface area contributed by atoms with Crippen molar-refractivity contribution in [3.63, 3.8) is 0 Å². The molecular weight excluding hydrogens is 614 g/mol. The van der Waals surface area contributed by atoms with Gasteiger partial charge in [0.1, 0.15) is 17.9 Å². The Balaban J connectivity index is 1.30. The van der Waals surface area contributed by atoms with Gasteiger partial charge in [0.15, 0.2) is 5.76 Å². The Hall–Kier alpha value is -4.72. The van der Waals surface area contributed by atoms with E-state index in [4.69, 9.17) is 25.7 Å². The molecule has 42 heavy (non-hydrogen) atoms. The van der Waals surface area contributed by atoms with Crippen LogP contribution in [0.3, 0.4) is 0 Å². The molecule has 2 heterocycles. The Bertz CT molecular complexity index is 2220. The molecule has 5 aromatic carbocycles. The number of nitrogens with zero attached hydrogens (tertiary/aromatic N) is 3. The van der Waals surface area contributed by atoms with Crippen molar-refractivity contribution in [3.8, 4) is 17.3 Å². The Labute approximate surface area is 253 Å². The van der Waals surface area contributed by atoms with Gasteiger partial charge in [-0.3, -0.25) is 4.79 Å². The summed E-state index contributed by atoms with van der Waals surface area (Å²) in [5.74, 6) is 1.28. The van der Waals surface area contributed by atoms with Crippen molar-refractivity contribution in [2.45, 2.75) is 6.61 Å². The number of halogens is 2. The quantitative estimate of drug-likeness (QED) is 0.171. The maximum atomic E-state index is 13.7. The van der Waals surface area contributed by atoms with Crippen LogP contribution >= 0.6 is 27.5 Å². The molecule has 0 fully saturated rings. The summed E-state index contributed by atoms with van der Waals surface area (Å²) in [5.41, 5.74) is 2.56. The van der Waals surface area contributed by atoms with Crippen molar-refractivity contribution in [1.29, 1.82) is 0 Å². The van der Waals surface area contributed by atoms with Crippen LogP contribution in [-0.4, -0.2) is 15.9 Å². The van der Waals surface area contributed by atoms with E-state index < -0.39 is 0 Å². The smallest absolute Gasteiger partial charge is 0.282 e. The highest BCUT2D eigenvalue weighted by Crippen LogP contribution is 2.30. The lowest BCUT2D eigenvalue weighted by Gasteiger charge is -2.12. The van der Waals surface area contributed by atoms with Gasteiger partial charge in [-0.25, -0.2) is 4.98 Å². The Morgan fingerprint density at radius 3 is 2.60 bits per heavy atom. The summed E-state index contributed by atoms with van der Waals surface area (Å²) >= 11 is 9.87. The average molecular weight is 635 g/mol. The first-order valence-corrected chi connectivity index (χ1v) is 14.4. The van der Waals surface area contributed by atoms with E-state index in [2.05, 4.69) is 39.2 Å². The van der Waals surface area contributed by atoms with Gasteiger partial charge in [0.05, 0.1) is 17.1 Å². The van der Waals surface area contributed by atoms with Crippen molar-refractivity contribution < 1.29 is 9.15 Å². The van der Waals surface area contributed by atoms with E-state index in [9.17, 15) is 4.79 Å². The van der Waals surface area contributed by atoms with E-state index >= 15 is 0 Å². The Kier molecular flexibility index (Phi) is 6.82. The molecule has 0 aliphatic heterocycles. The number of para-hydroxylation sites is 1. The summed E-state index contributed by atoms with van der Waals surface area (Å²) in [5, 5.41) is 8.70. The number of rotatable bonds is 6. The van der Waals surface area contributed by atoms with Gasteiger partial charge in [-0.2, -0.15) is 9.78 Å². The molecule has 0 saturated carbocycles. The molecule has 7 rings (SSSR count). The predicted molar refractivity (Wildman–Crippen MR) is 172 cm³/mol. The van der Waals surface area contributed by atoms with E-state index in [1.165, 1.54) is 4.68 Å². The molecule has 0 radical (unpaired) electrons. The zero-order valence-corrected chi connectivity index (χ0v) is 24.3. The monoisotopic (exact) mass is 633 g/mol. The molecule has 0 aliphatic rings. The minimum Gasteiger partial charge on any atom is -0.488 e. The van der Waals surface area contributed by atoms with E-state index in [1.807, 2.05) is 54.6 Å². The van der Waals surface area contributed by atoms with Gasteiger partial charge in [-0.15, -0.1) is 0 Å². The normalized spacial score (nSPS) is 11.7. The van der Waals surface area contributed by atoms with Crippen LogP contribution in [0.2, 0.25) is 5.02 Å². The molecule has 0 N–H and O–H groups in total. The summed E-state index contributed by atoms with van der Waals surface area (Å²) in [6, 6.07) is 34.4. The number of benzene rings is 5. The van der Waals surface area contributed by atoms with E-state index in [1.54, 1.807) is 42.6 Å². The van der Waals surface area contributed by atoms with E-state index in [0.29, 0.717) is 45.2 Å². The van der Waals surface area contributed by atoms with Gasteiger partial charge in [-0.1, -0.05) is 82.1 Å². The van der Waals surface area contributed by atoms with Crippen molar-refractivity contribution in [1.82, 2.24) is 9.66 Å². The molecule has 0 bridgehead atoms.